The third-order valence-electron chi connectivity index (χ3n) is 3.29. The van der Waals surface area contributed by atoms with Crippen LogP contribution in [0, 0.1) is 0 Å². The number of carbonyl (C=O) groups is 2. The lowest BCUT2D eigenvalue weighted by Gasteiger charge is -2.10. The molecule has 0 aliphatic rings. The van der Waals surface area contributed by atoms with E-state index in [1.54, 1.807) is 24.3 Å². The number of hydrogen-bond donors (Lipinski definition) is 2. The Labute approximate surface area is 137 Å². The summed E-state index contributed by atoms with van der Waals surface area (Å²) in [5.74, 6) is -0.0811. The van der Waals surface area contributed by atoms with Gasteiger partial charge in [-0.25, -0.2) is 0 Å². The van der Waals surface area contributed by atoms with Crippen molar-refractivity contribution in [2.45, 2.75) is 52.4 Å². The van der Waals surface area contributed by atoms with E-state index >= 15 is 0 Å². The number of hydrogen-bond acceptors (Lipinski definition) is 3. The summed E-state index contributed by atoms with van der Waals surface area (Å²) in [7, 11) is 0. The second kappa shape index (κ2) is 10.1. The average Bonchev–Trinajstić information content (AvgIpc) is 2.47. The predicted octanol–water partition coefficient (Wildman–Crippen LogP) is 4.06. The minimum Gasteiger partial charge on any atom is -0.332 e. The van der Waals surface area contributed by atoms with Crippen molar-refractivity contribution in [1.82, 2.24) is 5.32 Å². The Morgan fingerprint density at radius 3 is 2.55 bits per heavy atom. The number of carbonyl (C=O) groups excluding carboxylic acids is 2. The van der Waals surface area contributed by atoms with Crippen LogP contribution in [-0.2, 0) is 4.79 Å². The topological polar surface area (TPSA) is 58.2 Å². The van der Waals surface area contributed by atoms with E-state index in [0.29, 0.717) is 17.7 Å². The van der Waals surface area contributed by atoms with Gasteiger partial charge >= 0.3 is 0 Å². The van der Waals surface area contributed by atoms with Crippen LogP contribution in [0.15, 0.2) is 24.3 Å². The summed E-state index contributed by atoms with van der Waals surface area (Å²) in [6.07, 6.45) is 6.02. The van der Waals surface area contributed by atoms with Crippen molar-refractivity contribution in [2.24, 2.45) is 0 Å². The van der Waals surface area contributed by atoms with E-state index in [1.807, 2.05) is 0 Å². The van der Waals surface area contributed by atoms with Crippen LogP contribution >= 0.6 is 12.2 Å². The highest BCUT2D eigenvalue weighted by Crippen LogP contribution is 2.11. The first-order valence-corrected chi connectivity index (χ1v) is 8.15. The summed E-state index contributed by atoms with van der Waals surface area (Å²) in [6, 6.07) is 7.03. The van der Waals surface area contributed by atoms with E-state index in [0.717, 1.165) is 12.8 Å². The van der Waals surface area contributed by atoms with Crippen molar-refractivity contribution < 1.29 is 9.59 Å². The van der Waals surface area contributed by atoms with Gasteiger partial charge in [-0.3, -0.25) is 9.59 Å². The number of ketones is 1. The highest BCUT2D eigenvalue weighted by molar-refractivity contribution is 7.80. The fraction of sp³-hybridized carbons (Fsp3) is 0.471. The molecule has 0 fully saturated rings. The van der Waals surface area contributed by atoms with Gasteiger partial charge in [-0.1, -0.05) is 44.7 Å². The lowest BCUT2D eigenvalue weighted by molar-refractivity contribution is -0.119. The first-order chi connectivity index (χ1) is 10.5. The summed E-state index contributed by atoms with van der Waals surface area (Å²) in [6.45, 7) is 3.68. The lowest BCUT2D eigenvalue weighted by atomic mass is 10.1. The van der Waals surface area contributed by atoms with E-state index in [9.17, 15) is 9.59 Å². The van der Waals surface area contributed by atoms with Crippen molar-refractivity contribution in [3.05, 3.63) is 29.8 Å². The van der Waals surface area contributed by atoms with Crippen molar-refractivity contribution in [1.29, 1.82) is 0 Å². The summed E-state index contributed by atoms with van der Waals surface area (Å²) < 4.78 is 0. The number of thiocarbonyl (C=S) groups is 1. The van der Waals surface area contributed by atoms with Crippen LogP contribution in [0.4, 0.5) is 5.69 Å². The van der Waals surface area contributed by atoms with Crippen LogP contribution < -0.4 is 10.6 Å². The first kappa shape index (κ1) is 18.3. The van der Waals surface area contributed by atoms with Crippen LogP contribution in [-0.4, -0.2) is 16.8 Å². The molecule has 4 nitrogen and oxygen atoms in total. The summed E-state index contributed by atoms with van der Waals surface area (Å²) >= 11 is 5.11. The van der Waals surface area contributed by atoms with Crippen LogP contribution in [0.2, 0.25) is 0 Å². The molecule has 1 amide bonds. The van der Waals surface area contributed by atoms with Crippen molar-refractivity contribution in [3.63, 3.8) is 0 Å². The molecule has 1 rings (SSSR count). The number of amides is 1. The molecule has 0 atom stereocenters. The summed E-state index contributed by atoms with van der Waals surface area (Å²) in [5, 5.41) is 5.85. The van der Waals surface area contributed by atoms with Crippen LogP contribution in [0.1, 0.15) is 62.7 Å². The van der Waals surface area contributed by atoms with E-state index in [4.69, 9.17) is 12.2 Å². The minimum absolute atomic E-state index is 0.00863. The van der Waals surface area contributed by atoms with E-state index in [1.165, 1.54) is 26.2 Å². The number of anilines is 1. The van der Waals surface area contributed by atoms with Crippen molar-refractivity contribution >= 4 is 34.7 Å². The minimum atomic E-state index is -0.0725. The van der Waals surface area contributed by atoms with E-state index < -0.39 is 0 Å². The molecule has 0 aliphatic carbocycles. The number of Topliss-reactive ketones (excluding diaryl/α,β-unsaturated/α-hetero) is 1. The number of unbranched alkanes of at least 4 members (excludes halogenated alkanes) is 4. The zero-order valence-corrected chi connectivity index (χ0v) is 14.1. The highest BCUT2D eigenvalue weighted by atomic mass is 32.1. The van der Waals surface area contributed by atoms with Crippen LogP contribution in [0.3, 0.4) is 0 Å². The van der Waals surface area contributed by atoms with Crippen LogP contribution in [0.5, 0.6) is 0 Å². The zero-order valence-electron chi connectivity index (χ0n) is 13.3. The molecular weight excluding hydrogens is 296 g/mol. The summed E-state index contributed by atoms with van der Waals surface area (Å²) in [4.78, 5) is 23.1. The van der Waals surface area contributed by atoms with Gasteiger partial charge in [0, 0.05) is 17.7 Å². The van der Waals surface area contributed by atoms with Crippen LogP contribution in [0.25, 0.3) is 0 Å². The molecule has 1 aromatic rings. The Morgan fingerprint density at radius 2 is 1.86 bits per heavy atom. The van der Waals surface area contributed by atoms with Gasteiger partial charge in [-0.2, -0.15) is 0 Å². The molecule has 0 spiro atoms. The molecule has 5 heteroatoms. The second-order valence-electron chi connectivity index (χ2n) is 5.30. The molecule has 120 valence electrons. The Hall–Kier alpha value is -1.75. The normalized spacial score (nSPS) is 10.1. The maximum atomic E-state index is 11.8. The van der Waals surface area contributed by atoms with Gasteiger partial charge in [0.05, 0.1) is 0 Å². The standard InChI is InChI=1S/C17H24N2O2S/c1-3-4-5-6-7-11-16(21)19-17(22)18-15-10-8-9-14(12-15)13(2)20/h8-10,12H,3-7,11H2,1-2H3,(H2,18,19,21,22). The molecule has 0 aliphatic heterocycles. The number of benzene rings is 1. The van der Waals surface area contributed by atoms with Gasteiger partial charge in [0.25, 0.3) is 0 Å². The van der Waals surface area contributed by atoms with Gasteiger partial charge in [-0.05, 0) is 37.7 Å². The predicted molar refractivity (Wildman–Crippen MR) is 94.2 cm³/mol. The Bertz CT molecular complexity index is 529. The maximum Gasteiger partial charge on any atom is 0.226 e. The van der Waals surface area contributed by atoms with Gasteiger partial charge in [-0.15, -0.1) is 0 Å². The Morgan fingerprint density at radius 1 is 1.14 bits per heavy atom. The average molecular weight is 320 g/mol. The first-order valence-electron chi connectivity index (χ1n) is 7.74. The molecule has 22 heavy (non-hydrogen) atoms. The smallest absolute Gasteiger partial charge is 0.226 e. The molecular formula is C17H24N2O2S. The monoisotopic (exact) mass is 320 g/mol. The van der Waals surface area contributed by atoms with E-state index in [-0.39, 0.29) is 16.8 Å². The Balaban J connectivity index is 2.35. The molecule has 0 saturated heterocycles. The van der Waals surface area contributed by atoms with Crippen molar-refractivity contribution in [2.75, 3.05) is 5.32 Å². The number of nitrogens with one attached hydrogen (secondary N) is 2. The third-order valence-corrected chi connectivity index (χ3v) is 3.49. The highest BCUT2D eigenvalue weighted by Gasteiger charge is 2.06. The SMILES string of the molecule is CCCCCCCC(=O)NC(=S)Nc1cccc(C(C)=O)c1. The lowest BCUT2D eigenvalue weighted by Crippen LogP contribution is -2.33. The van der Waals surface area contributed by atoms with Gasteiger partial charge < -0.3 is 10.6 Å². The van der Waals surface area contributed by atoms with Gasteiger partial charge in [0.1, 0.15) is 0 Å². The van der Waals surface area contributed by atoms with Crippen molar-refractivity contribution in [3.8, 4) is 0 Å². The van der Waals surface area contributed by atoms with Gasteiger partial charge in [0.15, 0.2) is 10.9 Å². The molecule has 0 bridgehead atoms. The molecule has 0 radical (unpaired) electrons. The quantitative estimate of drug-likeness (QED) is 0.431. The fourth-order valence-electron chi connectivity index (χ4n) is 2.06. The third kappa shape index (κ3) is 7.31. The number of rotatable bonds is 8. The Kier molecular flexibility index (Phi) is 8.36. The van der Waals surface area contributed by atoms with E-state index in [2.05, 4.69) is 17.6 Å². The molecule has 0 aromatic heterocycles. The zero-order chi connectivity index (χ0) is 16.4. The molecule has 1 aromatic carbocycles. The molecule has 0 heterocycles. The fourth-order valence-corrected chi connectivity index (χ4v) is 2.29. The second-order valence-corrected chi connectivity index (χ2v) is 5.71. The largest absolute Gasteiger partial charge is 0.332 e. The molecule has 2 N–H and O–H groups in total. The molecule has 0 unspecified atom stereocenters. The molecule has 0 saturated carbocycles. The maximum absolute atomic E-state index is 11.8. The summed E-state index contributed by atoms with van der Waals surface area (Å²) in [5.41, 5.74) is 1.30. The van der Waals surface area contributed by atoms with Gasteiger partial charge in [0.2, 0.25) is 5.91 Å².